The predicted octanol–water partition coefficient (Wildman–Crippen LogP) is -0.159. The molecule has 0 aliphatic heterocycles. The van der Waals surface area contributed by atoms with Gasteiger partial charge < -0.3 is 10.6 Å². The van der Waals surface area contributed by atoms with Gasteiger partial charge >= 0.3 is 0 Å². The summed E-state index contributed by atoms with van der Waals surface area (Å²) in [4.78, 5) is 10.8. The average molecular weight is 468 g/mol. The fraction of sp³-hybridized carbons (Fsp3) is 0.471. The van der Waals surface area contributed by atoms with Gasteiger partial charge in [-0.1, -0.05) is 6.92 Å². The molecule has 1 fully saturated rings. The minimum Gasteiger partial charge on any atom is -0.366 e. The van der Waals surface area contributed by atoms with E-state index in [4.69, 9.17) is 5.10 Å². The predicted molar refractivity (Wildman–Crippen MR) is 128 cm³/mol. The van der Waals surface area contributed by atoms with Gasteiger partial charge in [0.25, 0.3) is 0 Å². The van der Waals surface area contributed by atoms with E-state index in [1.165, 1.54) is 0 Å². The highest BCUT2D eigenvalue weighted by atomic mass is 79.9. The van der Waals surface area contributed by atoms with Gasteiger partial charge in [-0.3, -0.25) is 4.68 Å². The second-order valence-electron chi connectivity index (χ2n) is 9.35. The van der Waals surface area contributed by atoms with E-state index >= 15 is 0 Å². The molecule has 2 unspecified atom stereocenters. The summed E-state index contributed by atoms with van der Waals surface area (Å²) in [5.74, 6) is 2.79. The van der Waals surface area contributed by atoms with Gasteiger partial charge in [-0.05, 0) is 47.4 Å². The van der Waals surface area contributed by atoms with Crippen LogP contribution >= 0.6 is 15.9 Å². The molecule has 1 aliphatic rings. The lowest BCUT2D eigenvalue weighted by molar-refractivity contribution is 0.331. The number of rotatable bonds is 7. The Morgan fingerprint density at radius 1 is 1.20 bits per heavy atom. The molecule has 2 atom stereocenters. The van der Waals surface area contributed by atoms with E-state index in [0.29, 0.717) is 17.9 Å². The van der Waals surface area contributed by atoms with Gasteiger partial charge in [0.1, 0.15) is 40.7 Å². The number of nitrogens with one attached hydrogen (secondary N) is 2. The average Bonchev–Trinajstić information content (AvgIpc) is 3.11. The Bertz CT molecular complexity index is 1050. The smallest absolute Gasteiger partial charge is 0.230 e. The molecule has 0 aromatic carbocycles. The zero-order chi connectivity index (χ0) is 21.7. The molecule has 2 N–H and O–H groups in total. The lowest BCUT2D eigenvalue weighted by Crippen LogP contribution is -2.38. The van der Waals surface area contributed by atoms with Crippen molar-refractivity contribution < 1.29 is 0 Å². The molecule has 9 nitrogen and oxygen atoms in total. The van der Waals surface area contributed by atoms with Crippen molar-refractivity contribution in [3.05, 3.63) is 34.8 Å². The van der Waals surface area contributed by atoms with Crippen LogP contribution in [0.5, 0.6) is 0 Å². The zero-order valence-electron chi connectivity index (χ0n) is 18.2. The summed E-state index contributed by atoms with van der Waals surface area (Å²) in [6, 6.07) is 2.48. The lowest BCUT2D eigenvalue weighted by atomic mass is 9.49. The molecule has 0 saturated heterocycles. The quantitative estimate of drug-likeness (QED) is 0.466. The van der Waals surface area contributed by atoms with Crippen molar-refractivity contribution in [2.75, 3.05) is 10.6 Å². The van der Waals surface area contributed by atoms with Gasteiger partial charge in [0.05, 0.1) is 22.6 Å². The van der Waals surface area contributed by atoms with Gasteiger partial charge in [0.15, 0.2) is 0 Å². The van der Waals surface area contributed by atoms with E-state index in [1.54, 1.807) is 23.4 Å². The van der Waals surface area contributed by atoms with E-state index in [9.17, 15) is 0 Å². The van der Waals surface area contributed by atoms with E-state index in [-0.39, 0.29) is 5.24 Å². The van der Waals surface area contributed by atoms with Gasteiger partial charge in [0.2, 0.25) is 5.95 Å². The van der Waals surface area contributed by atoms with Crippen molar-refractivity contribution in [1.29, 1.82) is 0 Å². The molecule has 3 aromatic heterocycles. The molecule has 30 heavy (non-hydrogen) atoms. The number of aromatic nitrogens is 7. The van der Waals surface area contributed by atoms with Gasteiger partial charge in [0, 0.05) is 18.3 Å². The van der Waals surface area contributed by atoms with E-state index in [1.807, 2.05) is 24.6 Å². The molecular weight excluding hydrogens is 443 g/mol. The Hall–Kier alpha value is -2.30. The Labute approximate surface area is 187 Å². The van der Waals surface area contributed by atoms with Crippen LogP contribution in [-0.4, -0.2) is 64.3 Å². The molecule has 13 heteroatoms. The van der Waals surface area contributed by atoms with Crippen LogP contribution in [-0.2, 0) is 10.8 Å². The summed E-state index contributed by atoms with van der Waals surface area (Å²) >= 11 is 3.54. The van der Waals surface area contributed by atoms with Crippen molar-refractivity contribution in [2.24, 2.45) is 5.92 Å². The van der Waals surface area contributed by atoms with Gasteiger partial charge in [-0.25, -0.2) is 4.98 Å². The molecular formula is C17H25B3BrN9. The van der Waals surface area contributed by atoms with Crippen molar-refractivity contribution in [2.45, 2.75) is 44.0 Å². The highest BCUT2D eigenvalue weighted by Gasteiger charge is 2.34. The maximum atomic E-state index is 4.89. The van der Waals surface area contributed by atoms with Crippen LogP contribution in [0.3, 0.4) is 0 Å². The molecule has 0 spiro atoms. The van der Waals surface area contributed by atoms with Gasteiger partial charge in [-0.2, -0.15) is 25.1 Å². The maximum Gasteiger partial charge on any atom is 0.230 e. The fourth-order valence-corrected chi connectivity index (χ4v) is 3.53. The molecule has 3 aromatic rings. The first-order valence-corrected chi connectivity index (χ1v) is 10.9. The SMILES string of the molecule is BC(B)(B)n1nc(C(C)(C)n2nccn2)cc1Nc1ncc(Br)c(NC2CC2C)n1. The number of halogens is 1. The number of nitrogens with zero attached hydrogens (tertiary/aromatic N) is 7. The number of hydrogen-bond donors (Lipinski definition) is 2. The third-order valence-corrected chi connectivity index (χ3v) is 5.89. The molecule has 1 aliphatic carbocycles. The van der Waals surface area contributed by atoms with Crippen LogP contribution in [0.4, 0.5) is 17.6 Å². The van der Waals surface area contributed by atoms with Crippen LogP contribution in [0.2, 0.25) is 0 Å². The van der Waals surface area contributed by atoms with Crippen LogP contribution in [0.25, 0.3) is 0 Å². The Morgan fingerprint density at radius 3 is 2.47 bits per heavy atom. The topological polar surface area (TPSA) is 98.4 Å². The third-order valence-electron chi connectivity index (χ3n) is 5.31. The normalized spacial score (nSPS) is 18.9. The first-order chi connectivity index (χ1) is 14.1. The molecule has 0 bridgehead atoms. The summed E-state index contributed by atoms with van der Waals surface area (Å²) in [6.45, 7) is 6.31. The summed E-state index contributed by atoms with van der Waals surface area (Å²) in [6.07, 6.45) is 6.27. The van der Waals surface area contributed by atoms with E-state index in [2.05, 4.69) is 77.2 Å². The molecule has 3 heterocycles. The monoisotopic (exact) mass is 467 g/mol. The second kappa shape index (κ2) is 7.44. The highest BCUT2D eigenvalue weighted by Crippen LogP contribution is 2.34. The molecule has 154 valence electrons. The minimum absolute atomic E-state index is 0.242. The van der Waals surface area contributed by atoms with Crippen LogP contribution in [0.1, 0.15) is 32.9 Å². The Balaban J connectivity index is 1.67. The fourth-order valence-electron chi connectivity index (χ4n) is 3.23. The van der Waals surface area contributed by atoms with E-state index in [0.717, 1.165) is 28.2 Å². The first-order valence-electron chi connectivity index (χ1n) is 10.1. The van der Waals surface area contributed by atoms with Crippen molar-refractivity contribution >= 4 is 57.1 Å². The largest absolute Gasteiger partial charge is 0.366 e. The molecule has 0 amide bonds. The molecule has 1 saturated carbocycles. The van der Waals surface area contributed by atoms with Crippen LogP contribution in [0, 0.1) is 5.92 Å². The standard InChI is InChI=1S/C17H25B3BrN9/c1-9-6-11(9)25-14-10(21)8-22-15(27-14)26-13-7-12(28-29(13)17(18,19)20)16(2,3)30-23-4-5-24-30/h4-5,7-9,11H,6,18-20H2,1-3H3,(H2,22,25,26,27). The summed E-state index contributed by atoms with van der Waals surface area (Å²) in [5, 5.41) is 20.1. The summed E-state index contributed by atoms with van der Waals surface area (Å²) < 4.78 is 2.80. The minimum atomic E-state index is -0.508. The maximum absolute atomic E-state index is 4.89. The highest BCUT2D eigenvalue weighted by molar-refractivity contribution is 9.10. The first kappa shape index (κ1) is 21.0. The molecule has 0 radical (unpaired) electrons. The summed E-state index contributed by atoms with van der Waals surface area (Å²) in [5.41, 5.74) is 0.338. The summed E-state index contributed by atoms with van der Waals surface area (Å²) in [7, 11) is 6.33. The van der Waals surface area contributed by atoms with Crippen molar-refractivity contribution in [3.63, 3.8) is 0 Å². The number of anilines is 3. The third kappa shape index (κ3) is 4.12. The number of hydrogen-bond acceptors (Lipinski definition) is 7. The van der Waals surface area contributed by atoms with Crippen LogP contribution < -0.4 is 10.6 Å². The lowest BCUT2D eigenvalue weighted by Gasteiger charge is -2.24. The second-order valence-corrected chi connectivity index (χ2v) is 10.2. The van der Waals surface area contributed by atoms with Crippen molar-refractivity contribution in [1.82, 2.24) is 34.7 Å². The van der Waals surface area contributed by atoms with Crippen LogP contribution in [0.15, 0.2) is 29.1 Å². The van der Waals surface area contributed by atoms with Crippen molar-refractivity contribution in [3.8, 4) is 0 Å². The Kier molecular flexibility index (Phi) is 5.20. The Morgan fingerprint density at radius 2 is 1.87 bits per heavy atom. The zero-order valence-corrected chi connectivity index (χ0v) is 19.8. The van der Waals surface area contributed by atoms with Gasteiger partial charge in [-0.15, -0.1) is 0 Å². The van der Waals surface area contributed by atoms with E-state index < -0.39 is 5.54 Å². The molecule has 4 rings (SSSR count).